The number of aromatic nitrogens is 7. The molecule has 0 spiro atoms. The van der Waals surface area contributed by atoms with Gasteiger partial charge in [-0.2, -0.15) is 10.2 Å². The van der Waals surface area contributed by atoms with Crippen LogP contribution in [0.4, 0.5) is 21.0 Å². The Labute approximate surface area is 193 Å². The summed E-state index contributed by atoms with van der Waals surface area (Å²) >= 11 is 0. The molecule has 3 N–H and O–H groups in total. The van der Waals surface area contributed by atoms with E-state index in [-0.39, 0.29) is 12.6 Å². The molecule has 0 radical (unpaired) electrons. The fourth-order valence-corrected chi connectivity index (χ4v) is 3.72. The first-order valence-corrected chi connectivity index (χ1v) is 10.8. The minimum Gasteiger partial charge on any atom is -0.441 e. The van der Waals surface area contributed by atoms with Crippen LogP contribution in [0.25, 0.3) is 16.9 Å². The van der Waals surface area contributed by atoms with Crippen molar-refractivity contribution in [3.63, 3.8) is 0 Å². The smallest absolute Gasteiger partial charge is 0.407 e. The summed E-state index contributed by atoms with van der Waals surface area (Å²) < 4.78 is 29.1. The van der Waals surface area contributed by atoms with E-state index in [1.54, 1.807) is 47.6 Å². The average Bonchev–Trinajstić information content (AvgIpc) is 3.56. The second-order valence-corrected chi connectivity index (χ2v) is 8.30. The summed E-state index contributed by atoms with van der Waals surface area (Å²) in [6.07, 6.45) is 2.85. The molecule has 1 amide bonds. The quantitative estimate of drug-likeness (QED) is 0.392. The van der Waals surface area contributed by atoms with Crippen molar-refractivity contribution < 1.29 is 18.7 Å². The number of imidazole rings is 1. The molecule has 12 nitrogen and oxygen atoms in total. The van der Waals surface area contributed by atoms with Gasteiger partial charge in [-0.05, 0) is 13.8 Å². The van der Waals surface area contributed by atoms with Crippen molar-refractivity contribution in [3.05, 3.63) is 42.6 Å². The van der Waals surface area contributed by atoms with Gasteiger partial charge in [0.1, 0.15) is 11.8 Å². The molecule has 0 bridgehead atoms. The zero-order chi connectivity index (χ0) is 23.8. The molecule has 1 saturated heterocycles. The van der Waals surface area contributed by atoms with Gasteiger partial charge in [-0.3, -0.25) is 14.2 Å². The monoisotopic (exact) mass is 469 g/mol. The predicted molar refractivity (Wildman–Crippen MR) is 119 cm³/mol. The van der Waals surface area contributed by atoms with Crippen molar-refractivity contribution in [3.8, 4) is 11.3 Å². The van der Waals surface area contributed by atoms with Crippen LogP contribution in [0.5, 0.6) is 0 Å². The number of aromatic amines is 1. The number of alkyl carbamates (subject to hydrolysis) is 1. The second-order valence-electron chi connectivity index (χ2n) is 8.30. The molecular weight excluding hydrogens is 445 g/mol. The summed E-state index contributed by atoms with van der Waals surface area (Å²) in [6.45, 7) is 3.53. The number of amides is 1. The molecule has 1 aliphatic rings. The normalized spacial score (nSPS) is 20.2. The Morgan fingerprint density at radius 1 is 1.38 bits per heavy atom. The lowest BCUT2D eigenvalue weighted by Crippen LogP contribution is -2.36. The third kappa shape index (κ3) is 4.29. The van der Waals surface area contributed by atoms with Crippen molar-refractivity contribution in [1.29, 1.82) is 0 Å². The summed E-state index contributed by atoms with van der Waals surface area (Å²) in [4.78, 5) is 20.8. The molecule has 0 aromatic carbocycles. The number of nitrogens with zero attached hydrogens (tertiary/aromatic N) is 6. The number of halogens is 1. The first-order valence-electron chi connectivity index (χ1n) is 10.8. The highest BCUT2D eigenvalue weighted by Crippen LogP contribution is 2.33. The number of carbonyl (C=O) groups excluding carboxylic acids is 1. The Morgan fingerprint density at radius 2 is 2.24 bits per heavy atom. The maximum Gasteiger partial charge on any atom is 0.407 e. The van der Waals surface area contributed by atoms with E-state index in [1.807, 2.05) is 19.3 Å². The summed E-state index contributed by atoms with van der Waals surface area (Å²) in [5, 5.41) is 16.9. The maximum absolute atomic E-state index is 15.0. The molecule has 5 rings (SSSR count). The Kier molecular flexibility index (Phi) is 5.61. The number of fused-ring (bicyclic) bond motifs is 1. The number of anilines is 2. The van der Waals surface area contributed by atoms with Gasteiger partial charge in [0.05, 0.1) is 24.2 Å². The topological polar surface area (TPSA) is 136 Å². The van der Waals surface area contributed by atoms with Gasteiger partial charge in [-0.25, -0.2) is 19.2 Å². The first-order chi connectivity index (χ1) is 16.4. The van der Waals surface area contributed by atoms with Crippen molar-refractivity contribution in [2.75, 3.05) is 11.9 Å². The van der Waals surface area contributed by atoms with Crippen molar-refractivity contribution in [2.24, 2.45) is 7.05 Å². The molecular formula is C21H24FN9O3. The molecule has 34 heavy (non-hydrogen) atoms. The van der Waals surface area contributed by atoms with Crippen LogP contribution in [0.3, 0.4) is 0 Å². The van der Waals surface area contributed by atoms with E-state index in [4.69, 9.17) is 9.47 Å². The van der Waals surface area contributed by atoms with E-state index in [2.05, 4.69) is 35.9 Å². The molecule has 3 atom stereocenters. The van der Waals surface area contributed by atoms with Gasteiger partial charge in [0, 0.05) is 49.4 Å². The van der Waals surface area contributed by atoms with E-state index in [0.29, 0.717) is 28.8 Å². The average molecular weight is 469 g/mol. The van der Waals surface area contributed by atoms with Crippen LogP contribution in [0.1, 0.15) is 25.6 Å². The lowest BCUT2D eigenvalue weighted by molar-refractivity contribution is 0.0615. The van der Waals surface area contributed by atoms with E-state index in [1.165, 1.54) is 0 Å². The van der Waals surface area contributed by atoms with Gasteiger partial charge < -0.3 is 20.1 Å². The molecule has 4 aromatic rings. The van der Waals surface area contributed by atoms with Crippen molar-refractivity contribution in [1.82, 2.24) is 39.7 Å². The Bertz CT molecular complexity index is 1310. The highest BCUT2D eigenvalue weighted by Gasteiger charge is 2.42. The lowest BCUT2D eigenvalue weighted by atomic mass is 10.1. The standard InChI is InChI=1S/C21H24FN9O3/c1-11(2)25-21(32)34-15-10-33-19(18(15)22)14-6-16(29-28-14)27-20-26-13(12-8-24-30(3)9-12)7-17-23-4-5-31(17)20/h4-9,11,15,18-19H,10H2,1-3H3,(H,25,32)(H2,26,27,28,29)/t15-,18-,19-/m1/s1. The summed E-state index contributed by atoms with van der Waals surface area (Å²) in [5.41, 5.74) is 2.63. The third-order valence-electron chi connectivity index (χ3n) is 5.28. The number of H-pyrrole nitrogens is 1. The van der Waals surface area contributed by atoms with Crippen LogP contribution in [-0.4, -0.2) is 65.4 Å². The van der Waals surface area contributed by atoms with Gasteiger partial charge >= 0.3 is 6.09 Å². The van der Waals surface area contributed by atoms with E-state index in [9.17, 15) is 9.18 Å². The van der Waals surface area contributed by atoms with Gasteiger partial charge in [0.15, 0.2) is 18.1 Å². The minimum absolute atomic E-state index is 0.0521. The molecule has 4 aromatic heterocycles. The summed E-state index contributed by atoms with van der Waals surface area (Å²) in [5.74, 6) is 0.890. The highest BCUT2D eigenvalue weighted by molar-refractivity contribution is 5.68. The molecule has 0 unspecified atom stereocenters. The largest absolute Gasteiger partial charge is 0.441 e. The number of alkyl halides is 1. The SMILES string of the molecule is CC(C)NC(=O)O[C@@H]1CO[C@H](c2cc(Nc3nc(-c4cnn(C)c4)cc4nccn34)n[nH]2)[C@@H]1F. The number of aryl methyl sites for hydroxylation is 1. The third-order valence-corrected chi connectivity index (χ3v) is 5.28. The molecule has 13 heteroatoms. The fraction of sp³-hybridized carbons (Fsp3) is 0.381. The fourth-order valence-electron chi connectivity index (χ4n) is 3.72. The number of carbonyl (C=O) groups is 1. The predicted octanol–water partition coefficient (Wildman–Crippen LogP) is 2.51. The van der Waals surface area contributed by atoms with Crippen LogP contribution < -0.4 is 10.6 Å². The molecule has 0 aliphatic carbocycles. The Morgan fingerprint density at radius 3 is 3.00 bits per heavy atom. The summed E-state index contributed by atoms with van der Waals surface area (Å²) in [6, 6.07) is 3.38. The van der Waals surface area contributed by atoms with Crippen LogP contribution >= 0.6 is 0 Å². The number of hydrogen-bond acceptors (Lipinski definition) is 8. The molecule has 5 heterocycles. The van der Waals surface area contributed by atoms with E-state index >= 15 is 0 Å². The van der Waals surface area contributed by atoms with E-state index < -0.39 is 24.5 Å². The van der Waals surface area contributed by atoms with Crippen LogP contribution in [0, 0.1) is 0 Å². The number of ether oxygens (including phenoxy) is 2. The second kappa shape index (κ2) is 8.74. The summed E-state index contributed by atoms with van der Waals surface area (Å²) in [7, 11) is 1.83. The zero-order valence-electron chi connectivity index (χ0n) is 18.8. The van der Waals surface area contributed by atoms with E-state index in [0.717, 1.165) is 5.56 Å². The number of hydrogen-bond donors (Lipinski definition) is 3. The maximum atomic E-state index is 15.0. The molecule has 1 aliphatic heterocycles. The van der Waals surface area contributed by atoms with Gasteiger partial charge in [-0.15, -0.1) is 0 Å². The van der Waals surface area contributed by atoms with Crippen LogP contribution in [0.2, 0.25) is 0 Å². The van der Waals surface area contributed by atoms with Gasteiger partial charge in [0.2, 0.25) is 5.95 Å². The molecule has 178 valence electrons. The zero-order valence-corrected chi connectivity index (χ0v) is 18.8. The lowest BCUT2D eigenvalue weighted by Gasteiger charge is -2.16. The molecule has 0 saturated carbocycles. The number of nitrogens with one attached hydrogen (secondary N) is 3. The first kappa shape index (κ1) is 21.8. The van der Waals surface area contributed by atoms with Gasteiger partial charge in [0.25, 0.3) is 0 Å². The Balaban J connectivity index is 1.33. The van der Waals surface area contributed by atoms with Gasteiger partial charge in [-0.1, -0.05) is 0 Å². The van der Waals surface area contributed by atoms with Crippen molar-refractivity contribution in [2.45, 2.75) is 38.3 Å². The van der Waals surface area contributed by atoms with Crippen molar-refractivity contribution >= 4 is 23.5 Å². The van der Waals surface area contributed by atoms with Crippen LogP contribution in [0.15, 0.2) is 36.9 Å². The molecule has 1 fully saturated rings. The minimum atomic E-state index is -1.54. The number of rotatable bonds is 6. The van der Waals surface area contributed by atoms with Crippen LogP contribution in [-0.2, 0) is 16.5 Å². The highest BCUT2D eigenvalue weighted by atomic mass is 19.1. The Hall–Kier alpha value is -4.00.